The van der Waals surface area contributed by atoms with E-state index in [1.54, 1.807) is 24.2 Å². The van der Waals surface area contributed by atoms with E-state index in [4.69, 9.17) is 4.74 Å². The average Bonchev–Trinajstić information content (AvgIpc) is 2.75. The van der Waals surface area contributed by atoms with E-state index in [-0.39, 0.29) is 0 Å². The van der Waals surface area contributed by atoms with Crippen molar-refractivity contribution in [1.29, 1.82) is 0 Å². The Morgan fingerprint density at radius 2 is 2.24 bits per heavy atom. The highest BCUT2D eigenvalue weighted by Crippen LogP contribution is 2.31. The predicted octanol–water partition coefficient (Wildman–Crippen LogP) is 2.27. The van der Waals surface area contributed by atoms with Crippen molar-refractivity contribution >= 4 is 15.9 Å². The summed E-state index contributed by atoms with van der Waals surface area (Å²) in [5.41, 5.74) is 1.47. The Hall–Kier alpha value is -1.33. The van der Waals surface area contributed by atoms with E-state index >= 15 is 0 Å². The zero-order valence-electron chi connectivity index (χ0n) is 9.59. The van der Waals surface area contributed by atoms with E-state index in [1.807, 2.05) is 25.2 Å². The Kier molecular flexibility index (Phi) is 3.49. The molecule has 0 saturated carbocycles. The van der Waals surface area contributed by atoms with Crippen molar-refractivity contribution in [3.05, 3.63) is 46.2 Å². The van der Waals surface area contributed by atoms with Crippen molar-refractivity contribution < 1.29 is 9.84 Å². The van der Waals surface area contributed by atoms with Crippen LogP contribution in [0.4, 0.5) is 0 Å². The first kappa shape index (κ1) is 12.1. The van der Waals surface area contributed by atoms with Gasteiger partial charge in [-0.3, -0.25) is 4.68 Å². The molecule has 1 unspecified atom stereocenters. The number of hydrogen-bond acceptors (Lipinski definition) is 3. The molecule has 17 heavy (non-hydrogen) atoms. The molecule has 1 atom stereocenters. The van der Waals surface area contributed by atoms with Gasteiger partial charge in [-0.05, 0) is 12.1 Å². The van der Waals surface area contributed by atoms with Crippen molar-refractivity contribution in [3.8, 4) is 5.75 Å². The second-order valence-electron chi connectivity index (χ2n) is 3.74. The molecule has 0 aliphatic rings. The van der Waals surface area contributed by atoms with Crippen molar-refractivity contribution in [2.45, 2.75) is 6.10 Å². The number of aromatic nitrogens is 2. The van der Waals surface area contributed by atoms with Gasteiger partial charge in [0.2, 0.25) is 0 Å². The molecule has 90 valence electrons. The van der Waals surface area contributed by atoms with Crippen LogP contribution in [0.25, 0.3) is 0 Å². The van der Waals surface area contributed by atoms with Gasteiger partial charge in [0.05, 0.1) is 13.3 Å². The van der Waals surface area contributed by atoms with Gasteiger partial charge in [-0.1, -0.05) is 22.0 Å². The number of methoxy groups -OCH3 is 1. The quantitative estimate of drug-likeness (QED) is 0.945. The van der Waals surface area contributed by atoms with E-state index in [1.165, 1.54) is 0 Å². The SMILES string of the molecule is COc1cc(Br)ccc1C(O)c1cnn(C)c1. The molecule has 0 amide bonds. The topological polar surface area (TPSA) is 47.3 Å². The number of benzene rings is 1. The number of hydrogen-bond donors (Lipinski definition) is 1. The highest BCUT2D eigenvalue weighted by molar-refractivity contribution is 9.10. The zero-order chi connectivity index (χ0) is 12.4. The minimum Gasteiger partial charge on any atom is -0.496 e. The minimum absolute atomic E-state index is 0.649. The number of aliphatic hydroxyl groups excluding tert-OH is 1. The van der Waals surface area contributed by atoms with Crippen molar-refractivity contribution in [2.24, 2.45) is 7.05 Å². The molecule has 1 N–H and O–H groups in total. The van der Waals surface area contributed by atoms with Gasteiger partial charge in [0.15, 0.2) is 0 Å². The van der Waals surface area contributed by atoms with Gasteiger partial charge < -0.3 is 9.84 Å². The first-order valence-electron chi connectivity index (χ1n) is 5.12. The second kappa shape index (κ2) is 4.89. The molecule has 1 aromatic carbocycles. The molecule has 5 heteroatoms. The van der Waals surface area contributed by atoms with E-state index in [0.717, 1.165) is 15.6 Å². The van der Waals surface area contributed by atoms with Gasteiger partial charge in [0.1, 0.15) is 11.9 Å². The smallest absolute Gasteiger partial charge is 0.126 e. The van der Waals surface area contributed by atoms with Crippen LogP contribution in [0, 0.1) is 0 Å². The lowest BCUT2D eigenvalue weighted by molar-refractivity contribution is 0.214. The first-order chi connectivity index (χ1) is 8.11. The van der Waals surface area contributed by atoms with Crippen LogP contribution in [-0.4, -0.2) is 22.0 Å². The molecule has 0 fully saturated rings. The molecule has 0 spiro atoms. The molecule has 0 radical (unpaired) electrons. The van der Waals surface area contributed by atoms with Crippen LogP contribution in [0.2, 0.25) is 0 Å². The van der Waals surface area contributed by atoms with Crippen molar-refractivity contribution in [1.82, 2.24) is 9.78 Å². The lowest BCUT2D eigenvalue weighted by Crippen LogP contribution is -2.01. The van der Waals surface area contributed by atoms with Gasteiger partial charge in [0.25, 0.3) is 0 Å². The fraction of sp³-hybridized carbons (Fsp3) is 0.250. The van der Waals surface area contributed by atoms with Crippen LogP contribution >= 0.6 is 15.9 Å². The third kappa shape index (κ3) is 2.50. The summed E-state index contributed by atoms with van der Waals surface area (Å²) in [6.45, 7) is 0. The Morgan fingerprint density at radius 1 is 1.47 bits per heavy atom. The van der Waals surface area contributed by atoms with Gasteiger partial charge in [-0.2, -0.15) is 5.10 Å². The number of aryl methyl sites for hydroxylation is 1. The maximum Gasteiger partial charge on any atom is 0.126 e. The van der Waals surface area contributed by atoms with Crippen LogP contribution in [0.3, 0.4) is 0 Å². The molecule has 0 aliphatic heterocycles. The Balaban J connectivity index is 2.39. The molecule has 2 rings (SSSR count). The number of aliphatic hydroxyl groups is 1. The van der Waals surface area contributed by atoms with Crippen LogP contribution in [-0.2, 0) is 7.05 Å². The first-order valence-corrected chi connectivity index (χ1v) is 5.91. The van der Waals surface area contributed by atoms with Gasteiger partial charge in [-0.15, -0.1) is 0 Å². The maximum absolute atomic E-state index is 10.3. The summed E-state index contributed by atoms with van der Waals surface area (Å²) in [6, 6.07) is 5.53. The third-order valence-corrected chi connectivity index (χ3v) is 3.02. The normalized spacial score (nSPS) is 12.5. The van der Waals surface area contributed by atoms with Gasteiger partial charge in [-0.25, -0.2) is 0 Å². The highest BCUT2D eigenvalue weighted by Gasteiger charge is 2.16. The molecular formula is C12H13BrN2O2. The number of nitrogens with zero attached hydrogens (tertiary/aromatic N) is 2. The predicted molar refractivity (Wildman–Crippen MR) is 68.0 cm³/mol. The van der Waals surface area contributed by atoms with Crippen LogP contribution in [0.15, 0.2) is 35.1 Å². The summed E-state index contributed by atoms with van der Waals surface area (Å²) in [6.07, 6.45) is 2.70. The van der Waals surface area contributed by atoms with Crippen molar-refractivity contribution in [2.75, 3.05) is 7.11 Å². The molecule has 0 bridgehead atoms. The molecule has 0 saturated heterocycles. The molecular weight excluding hydrogens is 284 g/mol. The summed E-state index contributed by atoms with van der Waals surface area (Å²) >= 11 is 3.37. The average molecular weight is 297 g/mol. The Morgan fingerprint density at radius 3 is 2.82 bits per heavy atom. The lowest BCUT2D eigenvalue weighted by Gasteiger charge is -2.13. The van der Waals surface area contributed by atoms with Crippen LogP contribution in [0.1, 0.15) is 17.2 Å². The monoisotopic (exact) mass is 296 g/mol. The van der Waals surface area contributed by atoms with E-state index in [0.29, 0.717) is 5.75 Å². The number of halogens is 1. The Bertz CT molecular complexity index is 525. The standard InChI is InChI=1S/C12H13BrN2O2/c1-15-7-8(6-14-15)12(16)10-4-3-9(13)5-11(10)17-2/h3-7,12,16H,1-2H3. The van der Waals surface area contributed by atoms with Gasteiger partial charge >= 0.3 is 0 Å². The molecule has 1 heterocycles. The second-order valence-corrected chi connectivity index (χ2v) is 4.65. The van der Waals surface area contributed by atoms with E-state index in [2.05, 4.69) is 21.0 Å². The largest absolute Gasteiger partial charge is 0.496 e. The molecule has 2 aromatic rings. The summed E-state index contributed by atoms with van der Waals surface area (Å²) in [5, 5.41) is 14.3. The third-order valence-electron chi connectivity index (χ3n) is 2.53. The van der Waals surface area contributed by atoms with Gasteiger partial charge in [0, 0.05) is 28.8 Å². The summed E-state index contributed by atoms with van der Waals surface area (Å²) in [4.78, 5) is 0. The number of ether oxygens (including phenoxy) is 1. The Labute approximate surface area is 108 Å². The van der Waals surface area contributed by atoms with Crippen LogP contribution in [0.5, 0.6) is 5.75 Å². The van der Waals surface area contributed by atoms with Crippen LogP contribution < -0.4 is 4.74 Å². The highest BCUT2D eigenvalue weighted by atomic mass is 79.9. The summed E-state index contributed by atoms with van der Waals surface area (Å²) < 4.78 is 7.83. The molecule has 1 aromatic heterocycles. The molecule has 0 aliphatic carbocycles. The maximum atomic E-state index is 10.3. The lowest BCUT2D eigenvalue weighted by atomic mass is 10.0. The minimum atomic E-state index is -0.730. The number of rotatable bonds is 3. The zero-order valence-corrected chi connectivity index (χ0v) is 11.2. The fourth-order valence-corrected chi connectivity index (χ4v) is 2.01. The fourth-order valence-electron chi connectivity index (χ4n) is 1.67. The summed E-state index contributed by atoms with van der Waals surface area (Å²) in [5.74, 6) is 0.649. The molecule has 4 nitrogen and oxygen atoms in total. The summed E-state index contributed by atoms with van der Waals surface area (Å²) in [7, 11) is 3.40. The van der Waals surface area contributed by atoms with E-state index < -0.39 is 6.10 Å². The van der Waals surface area contributed by atoms with E-state index in [9.17, 15) is 5.11 Å². The van der Waals surface area contributed by atoms with Crippen molar-refractivity contribution in [3.63, 3.8) is 0 Å².